The molecule has 3 rings (SSSR count). The number of aliphatic carboxylic acids is 1. The van der Waals surface area contributed by atoms with Crippen LogP contribution >= 0.6 is 0 Å². The zero-order chi connectivity index (χ0) is 20.5. The Morgan fingerprint density at radius 3 is 2.39 bits per heavy atom. The van der Waals surface area contributed by atoms with Gasteiger partial charge in [-0.15, -0.1) is 0 Å². The number of benzene rings is 2. The van der Waals surface area contributed by atoms with E-state index in [1.165, 1.54) is 16.4 Å². The molecule has 0 spiro atoms. The van der Waals surface area contributed by atoms with Gasteiger partial charge in [-0.1, -0.05) is 30.3 Å². The van der Waals surface area contributed by atoms with Crippen LogP contribution in [0.3, 0.4) is 0 Å². The van der Waals surface area contributed by atoms with E-state index in [0.29, 0.717) is 24.1 Å². The molecule has 0 saturated heterocycles. The minimum Gasteiger partial charge on any atom is -0.481 e. The Morgan fingerprint density at radius 2 is 1.79 bits per heavy atom. The van der Waals surface area contributed by atoms with E-state index in [4.69, 9.17) is 10.8 Å². The quantitative estimate of drug-likeness (QED) is 0.768. The molecule has 2 aromatic carbocycles. The van der Waals surface area contributed by atoms with Crippen LogP contribution in [0.5, 0.6) is 0 Å². The number of anilines is 1. The van der Waals surface area contributed by atoms with Crippen molar-refractivity contribution in [3.8, 4) is 0 Å². The Morgan fingerprint density at radius 1 is 1.14 bits per heavy atom. The normalized spacial score (nSPS) is 19.1. The molecule has 148 valence electrons. The molecule has 8 heteroatoms. The number of amides is 1. The van der Waals surface area contributed by atoms with Crippen LogP contribution in [0.1, 0.15) is 36.8 Å². The van der Waals surface area contributed by atoms with Crippen LogP contribution in [0.15, 0.2) is 53.4 Å². The summed E-state index contributed by atoms with van der Waals surface area (Å²) in [5.41, 5.74) is 7.34. The molecule has 2 aromatic rings. The number of aryl methyl sites for hydroxylation is 1. The first-order chi connectivity index (χ1) is 13.2. The lowest BCUT2D eigenvalue weighted by Gasteiger charge is -2.38. The van der Waals surface area contributed by atoms with Crippen LogP contribution in [-0.4, -0.2) is 31.4 Å². The van der Waals surface area contributed by atoms with Crippen LogP contribution in [-0.2, 0) is 26.0 Å². The van der Waals surface area contributed by atoms with Gasteiger partial charge in [0.25, 0.3) is 10.0 Å². The molecule has 0 radical (unpaired) electrons. The van der Waals surface area contributed by atoms with Gasteiger partial charge in [0.2, 0.25) is 5.91 Å². The summed E-state index contributed by atoms with van der Waals surface area (Å²) in [7, 11) is -3.86. The van der Waals surface area contributed by atoms with E-state index in [9.17, 15) is 18.0 Å². The second-order valence-corrected chi connectivity index (χ2v) is 8.75. The SMILES string of the molecule is CC1CC(C(N)=O)c2ccccc2N1S(=O)(=O)c1ccc(CCC(=O)O)cc1. The molecule has 2 atom stereocenters. The second kappa shape index (κ2) is 7.63. The summed E-state index contributed by atoms with van der Waals surface area (Å²) in [6.07, 6.45) is 0.623. The van der Waals surface area contributed by atoms with Crippen molar-refractivity contribution in [2.45, 2.75) is 43.0 Å². The van der Waals surface area contributed by atoms with Gasteiger partial charge in [-0.2, -0.15) is 0 Å². The molecule has 1 heterocycles. The first-order valence-corrected chi connectivity index (χ1v) is 10.4. The summed E-state index contributed by atoms with van der Waals surface area (Å²) in [6.45, 7) is 1.75. The fourth-order valence-corrected chi connectivity index (χ4v) is 5.31. The molecule has 0 aliphatic carbocycles. The van der Waals surface area contributed by atoms with Crippen LogP contribution in [0.2, 0.25) is 0 Å². The zero-order valence-corrected chi connectivity index (χ0v) is 16.2. The Bertz CT molecular complexity index is 1000. The summed E-state index contributed by atoms with van der Waals surface area (Å²) in [5, 5.41) is 8.78. The number of fused-ring (bicyclic) bond motifs is 1. The Labute approximate surface area is 163 Å². The molecule has 0 fully saturated rings. The fraction of sp³-hybridized carbons (Fsp3) is 0.300. The molecule has 1 aliphatic heterocycles. The molecule has 0 saturated carbocycles. The molecule has 2 unspecified atom stereocenters. The third-order valence-corrected chi connectivity index (χ3v) is 6.92. The predicted octanol–water partition coefficient (Wildman–Crippen LogP) is 2.26. The summed E-state index contributed by atoms with van der Waals surface area (Å²) >= 11 is 0. The van der Waals surface area contributed by atoms with Crippen LogP contribution in [0, 0.1) is 0 Å². The number of carboxylic acids is 1. The number of rotatable bonds is 6. The van der Waals surface area contributed by atoms with Crippen molar-refractivity contribution >= 4 is 27.6 Å². The minimum absolute atomic E-state index is 0.0167. The Balaban J connectivity index is 1.98. The summed E-state index contributed by atoms with van der Waals surface area (Å²) in [5.74, 6) is -1.91. The lowest BCUT2D eigenvalue weighted by molar-refractivity contribution is -0.137. The van der Waals surface area contributed by atoms with Gasteiger partial charge in [-0.3, -0.25) is 13.9 Å². The average molecular weight is 402 g/mol. The second-order valence-electron chi connectivity index (χ2n) is 6.94. The maximum Gasteiger partial charge on any atom is 0.303 e. The molecular weight excluding hydrogens is 380 g/mol. The largest absolute Gasteiger partial charge is 0.481 e. The third kappa shape index (κ3) is 3.73. The molecule has 0 bridgehead atoms. The van der Waals surface area contributed by atoms with Crippen LogP contribution in [0.25, 0.3) is 0 Å². The first kappa shape index (κ1) is 19.9. The van der Waals surface area contributed by atoms with E-state index in [1.807, 2.05) is 0 Å². The molecule has 0 aromatic heterocycles. The van der Waals surface area contributed by atoms with Crippen molar-refractivity contribution in [2.24, 2.45) is 5.73 Å². The monoisotopic (exact) mass is 402 g/mol. The van der Waals surface area contributed by atoms with Gasteiger partial charge in [0, 0.05) is 12.5 Å². The zero-order valence-electron chi connectivity index (χ0n) is 15.4. The highest BCUT2D eigenvalue weighted by atomic mass is 32.2. The number of nitrogens with two attached hydrogens (primary N) is 1. The minimum atomic E-state index is -3.86. The van der Waals surface area contributed by atoms with E-state index in [0.717, 1.165) is 5.56 Å². The highest BCUT2D eigenvalue weighted by molar-refractivity contribution is 7.92. The third-order valence-electron chi connectivity index (χ3n) is 4.98. The Kier molecular flexibility index (Phi) is 5.42. The van der Waals surface area contributed by atoms with E-state index in [1.54, 1.807) is 43.3 Å². The number of primary amides is 1. The van der Waals surface area contributed by atoms with Crippen molar-refractivity contribution in [2.75, 3.05) is 4.31 Å². The van der Waals surface area contributed by atoms with Crippen molar-refractivity contribution in [1.82, 2.24) is 0 Å². The van der Waals surface area contributed by atoms with E-state index < -0.39 is 33.9 Å². The molecule has 3 N–H and O–H groups in total. The molecule has 1 amide bonds. The number of para-hydroxylation sites is 1. The lowest BCUT2D eigenvalue weighted by atomic mass is 9.87. The number of carbonyl (C=O) groups excluding carboxylic acids is 1. The average Bonchev–Trinajstić information content (AvgIpc) is 2.65. The molecule has 1 aliphatic rings. The maximum absolute atomic E-state index is 13.3. The topological polar surface area (TPSA) is 118 Å². The smallest absolute Gasteiger partial charge is 0.303 e. The van der Waals surface area contributed by atoms with Gasteiger partial charge in [0.05, 0.1) is 16.5 Å². The highest BCUT2D eigenvalue weighted by Gasteiger charge is 2.39. The summed E-state index contributed by atoms with van der Waals surface area (Å²) in [4.78, 5) is 22.7. The number of hydrogen-bond donors (Lipinski definition) is 2. The number of carbonyl (C=O) groups is 2. The van der Waals surface area contributed by atoms with Gasteiger partial charge in [0.1, 0.15) is 0 Å². The van der Waals surface area contributed by atoms with Gasteiger partial charge in [-0.25, -0.2) is 8.42 Å². The van der Waals surface area contributed by atoms with Crippen molar-refractivity contribution in [1.29, 1.82) is 0 Å². The maximum atomic E-state index is 13.3. The predicted molar refractivity (Wildman–Crippen MR) is 105 cm³/mol. The number of hydrogen-bond acceptors (Lipinski definition) is 4. The summed E-state index contributed by atoms with van der Waals surface area (Å²) in [6, 6.07) is 12.7. The molecule has 7 nitrogen and oxygen atoms in total. The van der Waals surface area contributed by atoms with Crippen LogP contribution < -0.4 is 10.0 Å². The van der Waals surface area contributed by atoms with Crippen molar-refractivity contribution < 1.29 is 23.1 Å². The van der Waals surface area contributed by atoms with Crippen molar-refractivity contribution in [3.63, 3.8) is 0 Å². The van der Waals surface area contributed by atoms with E-state index >= 15 is 0 Å². The lowest BCUT2D eigenvalue weighted by Crippen LogP contribution is -2.45. The van der Waals surface area contributed by atoms with Gasteiger partial charge >= 0.3 is 5.97 Å². The summed E-state index contributed by atoms with van der Waals surface area (Å²) < 4.78 is 28.0. The number of carboxylic acid groups (broad SMARTS) is 1. The Hall–Kier alpha value is -2.87. The molecular formula is C20H22N2O5S. The van der Waals surface area contributed by atoms with Gasteiger partial charge in [-0.05, 0) is 49.1 Å². The number of sulfonamides is 1. The van der Waals surface area contributed by atoms with E-state index in [-0.39, 0.29) is 11.3 Å². The fourth-order valence-electron chi connectivity index (χ4n) is 3.61. The van der Waals surface area contributed by atoms with Gasteiger partial charge in [0.15, 0.2) is 0 Å². The van der Waals surface area contributed by atoms with E-state index in [2.05, 4.69) is 0 Å². The highest BCUT2D eigenvalue weighted by Crippen LogP contribution is 2.41. The van der Waals surface area contributed by atoms with Gasteiger partial charge < -0.3 is 10.8 Å². The molecule has 28 heavy (non-hydrogen) atoms. The van der Waals surface area contributed by atoms with Crippen molar-refractivity contribution in [3.05, 3.63) is 59.7 Å². The first-order valence-electron chi connectivity index (χ1n) is 8.95. The standard InChI is InChI=1S/C20H22N2O5S/c1-13-12-17(20(21)25)16-4-2-3-5-18(16)22(13)28(26,27)15-9-6-14(7-10-15)8-11-19(23)24/h2-7,9-10,13,17H,8,11-12H2,1H3,(H2,21,25)(H,23,24). The van der Waals surface area contributed by atoms with Crippen LogP contribution in [0.4, 0.5) is 5.69 Å². The number of nitrogens with zero attached hydrogens (tertiary/aromatic N) is 1.